The number of thioether (sulfide) groups is 1. The fourth-order valence-corrected chi connectivity index (χ4v) is 5.92. The van der Waals surface area contributed by atoms with Crippen LogP contribution in [-0.4, -0.2) is 35.1 Å². The third kappa shape index (κ3) is 6.61. The molecule has 1 saturated heterocycles. The van der Waals surface area contributed by atoms with Crippen LogP contribution in [0.2, 0.25) is 0 Å². The van der Waals surface area contributed by atoms with E-state index in [0.717, 1.165) is 12.1 Å². The number of nitriles is 1. The predicted octanol–water partition coefficient (Wildman–Crippen LogP) is 7.05. The maximum atomic E-state index is 14.0. The van der Waals surface area contributed by atoms with Gasteiger partial charge in [0.25, 0.3) is 0 Å². The monoisotopic (exact) mass is 606 g/mol. The molecule has 3 heterocycles. The first-order valence-corrected chi connectivity index (χ1v) is 14.5. The number of benzene rings is 2. The molecule has 1 aliphatic rings. The number of nitrogens with zero attached hydrogens (tertiary/aromatic N) is 4. The maximum Gasteiger partial charge on any atom is 0.236 e. The van der Waals surface area contributed by atoms with E-state index in [0.29, 0.717) is 51.7 Å². The zero-order chi connectivity index (χ0) is 29.9. The number of nitrogens with one attached hydrogen (secondary N) is 1. The highest BCUT2D eigenvalue weighted by Crippen LogP contribution is 2.42. The highest BCUT2D eigenvalue weighted by atomic mass is 32.2. The molecule has 9 nitrogen and oxygen atoms in total. The Morgan fingerprint density at radius 3 is 2.71 bits per heavy atom. The summed E-state index contributed by atoms with van der Waals surface area (Å²) in [6.07, 6.45) is -0.188. The maximum absolute atomic E-state index is 14.0. The van der Waals surface area contributed by atoms with Gasteiger partial charge in [-0.15, -0.1) is 11.3 Å². The molecule has 42 heavy (non-hydrogen) atoms. The SMILES string of the molecule is [C-]#[N+]c1c(N)nc(SCc2csc(Nc3ccc(F)cc3F)n2)c(C#N)c1-c1ccc(OCC2COC(C)(C)O2)cc1. The van der Waals surface area contributed by atoms with Gasteiger partial charge in [0, 0.05) is 22.8 Å². The molecule has 0 saturated carbocycles. The lowest BCUT2D eigenvalue weighted by Crippen LogP contribution is -2.25. The topological polar surface area (TPSA) is 120 Å². The number of hydrogen-bond donors (Lipinski definition) is 2. The summed E-state index contributed by atoms with van der Waals surface area (Å²) in [5.74, 6) is -1.10. The number of halogens is 2. The van der Waals surface area contributed by atoms with Crippen LogP contribution in [0.5, 0.6) is 5.75 Å². The quantitative estimate of drug-likeness (QED) is 0.152. The average Bonchev–Trinajstić information content (AvgIpc) is 3.57. The van der Waals surface area contributed by atoms with Crippen molar-refractivity contribution in [1.82, 2.24) is 9.97 Å². The van der Waals surface area contributed by atoms with E-state index in [1.54, 1.807) is 29.6 Å². The van der Waals surface area contributed by atoms with E-state index in [-0.39, 0.29) is 28.9 Å². The van der Waals surface area contributed by atoms with Crippen LogP contribution in [0.1, 0.15) is 25.1 Å². The van der Waals surface area contributed by atoms with Crippen molar-refractivity contribution in [2.75, 3.05) is 24.3 Å². The molecule has 0 amide bonds. The molecular formula is C29H24F2N6O3S2. The summed E-state index contributed by atoms with van der Waals surface area (Å²) in [6.45, 7) is 12.1. The molecule has 13 heteroatoms. The highest BCUT2D eigenvalue weighted by molar-refractivity contribution is 7.98. The van der Waals surface area contributed by atoms with Gasteiger partial charge in [0.05, 0.1) is 30.1 Å². The van der Waals surface area contributed by atoms with Crippen molar-refractivity contribution in [2.24, 2.45) is 0 Å². The number of rotatable bonds is 9. The minimum Gasteiger partial charge on any atom is -0.491 e. The van der Waals surface area contributed by atoms with Gasteiger partial charge in [-0.3, -0.25) is 0 Å². The van der Waals surface area contributed by atoms with Crippen molar-refractivity contribution in [3.05, 3.63) is 82.2 Å². The van der Waals surface area contributed by atoms with Gasteiger partial charge in [0.1, 0.15) is 47.0 Å². The molecule has 1 atom stereocenters. The largest absolute Gasteiger partial charge is 0.491 e. The highest BCUT2D eigenvalue weighted by Gasteiger charge is 2.33. The summed E-state index contributed by atoms with van der Waals surface area (Å²) < 4.78 is 44.4. The first-order chi connectivity index (χ1) is 20.2. The van der Waals surface area contributed by atoms with E-state index in [4.69, 9.17) is 26.5 Å². The van der Waals surface area contributed by atoms with Crippen LogP contribution >= 0.6 is 23.1 Å². The van der Waals surface area contributed by atoms with E-state index in [1.165, 1.54) is 29.2 Å². The van der Waals surface area contributed by atoms with Crippen LogP contribution in [0.3, 0.4) is 0 Å². The molecule has 0 aliphatic carbocycles. The first kappa shape index (κ1) is 29.2. The number of nitrogen functional groups attached to an aromatic ring is 1. The summed E-state index contributed by atoms with van der Waals surface area (Å²) in [4.78, 5) is 12.3. The Balaban J connectivity index is 1.32. The fourth-order valence-electron chi connectivity index (χ4n) is 4.21. The minimum atomic E-state index is -0.729. The van der Waals surface area contributed by atoms with Gasteiger partial charge >= 0.3 is 0 Å². The van der Waals surface area contributed by atoms with Gasteiger partial charge in [-0.25, -0.2) is 23.6 Å². The lowest BCUT2D eigenvalue weighted by atomic mass is 10.00. The second-order valence-corrected chi connectivity index (χ2v) is 11.4. The van der Waals surface area contributed by atoms with Crippen molar-refractivity contribution in [3.63, 3.8) is 0 Å². The number of aromatic nitrogens is 2. The Kier molecular flexibility index (Phi) is 8.56. The molecule has 1 aliphatic heterocycles. The Hall–Kier alpha value is -4.27. The standard InChI is InChI=1S/C29H24F2N6O3S2/c1-29(2)39-13-20(40-29)12-38-19-7-4-16(5-8-19)24-21(11-32)27(37-26(33)25(24)34-3)41-14-18-15-42-28(35-18)36-23-9-6-17(30)10-22(23)31/h4-10,15,20H,12-14H2,1-2H3,(H2,33,37)(H,35,36). The lowest BCUT2D eigenvalue weighted by molar-refractivity contribution is -0.141. The van der Waals surface area contributed by atoms with Gasteiger partial charge in [0.2, 0.25) is 5.69 Å². The summed E-state index contributed by atoms with van der Waals surface area (Å²) in [5, 5.41) is 15.5. The van der Waals surface area contributed by atoms with Crippen molar-refractivity contribution >= 4 is 45.4 Å². The van der Waals surface area contributed by atoms with E-state index >= 15 is 0 Å². The van der Waals surface area contributed by atoms with Crippen LogP contribution in [0, 0.1) is 29.5 Å². The van der Waals surface area contributed by atoms with Gasteiger partial charge < -0.3 is 25.3 Å². The van der Waals surface area contributed by atoms with E-state index in [1.807, 2.05) is 13.8 Å². The van der Waals surface area contributed by atoms with Gasteiger partial charge in [-0.2, -0.15) is 5.26 Å². The molecule has 2 aromatic heterocycles. The molecule has 0 radical (unpaired) electrons. The Morgan fingerprint density at radius 2 is 2.05 bits per heavy atom. The van der Waals surface area contributed by atoms with Crippen molar-refractivity contribution in [2.45, 2.75) is 36.5 Å². The molecule has 4 aromatic rings. The smallest absolute Gasteiger partial charge is 0.236 e. The van der Waals surface area contributed by atoms with Gasteiger partial charge in [0.15, 0.2) is 10.9 Å². The fraction of sp³-hybridized carbons (Fsp3) is 0.241. The molecule has 0 spiro atoms. The van der Waals surface area contributed by atoms with Crippen LogP contribution in [-0.2, 0) is 15.2 Å². The summed E-state index contributed by atoms with van der Waals surface area (Å²) >= 11 is 2.49. The lowest BCUT2D eigenvalue weighted by Gasteiger charge is -2.17. The molecule has 5 rings (SSSR count). The number of pyridine rings is 1. The van der Waals surface area contributed by atoms with E-state index in [2.05, 4.69) is 26.2 Å². The molecule has 1 fully saturated rings. The third-order valence-corrected chi connectivity index (χ3v) is 7.93. The van der Waals surface area contributed by atoms with Crippen LogP contribution in [0.25, 0.3) is 16.0 Å². The second kappa shape index (κ2) is 12.3. The molecule has 0 bridgehead atoms. The van der Waals surface area contributed by atoms with E-state index in [9.17, 15) is 14.0 Å². The molecular weight excluding hydrogens is 582 g/mol. The number of anilines is 3. The van der Waals surface area contributed by atoms with E-state index < -0.39 is 17.4 Å². The number of nitrogens with two attached hydrogens (primary N) is 1. The van der Waals surface area contributed by atoms with Gasteiger partial charge in [-0.1, -0.05) is 23.9 Å². The number of thiazole rings is 1. The number of hydrogen-bond acceptors (Lipinski definition) is 10. The van der Waals surface area contributed by atoms with Crippen molar-refractivity contribution in [3.8, 4) is 22.9 Å². The summed E-state index contributed by atoms with van der Waals surface area (Å²) in [6, 6.07) is 12.5. The molecule has 214 valence electrons. The van der Waals surface area contributed by atoms with Crippen LogP contribution in [0.4, 0.5) is 31.1 Å². The first-order valence-electron chi connectivity index (χ1n) is 12.6. The minimum absolute atomic E-state index is 0.00948. The Labute approximate surface area is 249 Å². The average molecular weight is 607 g/mol. The predicted molar refractivity (Wildman–Crippen MR) is 157 cm³/mol. The van der Waals surface area contributed by atoms with Crippen molar-refractivity contribution < 1.29 is 23.0 Å². The Morgan fingerprint density at radius 1 is 1.26 bits per heavy atom. The number of ether oxygens (including phenoxy) is 3. The third-order valence-electron chi connectivity index (χ3n) is 6.12. The zero-order valence-electron chi connectivity index (χ0n) is 22.5. The second-order valence-electron chi connectivity index (χ2n) is 9.59. The van der Waals surface area contributed by atoms with Crippen LogP contribution in [0.15, 0.2) is 52.9 Å². The molecule has 1 unspecified atom stereocenters. The van der Waals surface area contributed by atoms with Crippen LogP contribution < -0.4 is 15.8 Å². The van der Waals surface area contributed by atoms with Crippen molar-refractivity contribution in [1.29, 1.82) is 5.26 Å². The molecule has 3 N–H and O–H groups in total. The normalized spacial score (nSPS) is 15.6. The van der Waals surface area contributed by atoms with Gasteiger partial charge in [-0.05, 0) is 43.7 Å². The Bertz CT molecular complexity index is 1700. The zero-order valence-corrected chi connectivity index (χ0v) is 24.1. The summed E-state index contributed by atoms with van der Waals surface area (Å²) in [5.41, 5.74) is 8.22. The summed E-state index contributed by atoms with van der Waals surface area (Å²) in [7, 11) is 0. The molecule has 2 aromatic carbocycles.